The van der Waals surface area contributed by atoms with Gasteiger partial charge in [-0.1, -0.05) is 0 Å². The van der Waals surface area contributed by atoms with Crippen LogP contribution in [0, 0.1) is 6.92 Å². The quantitative estimate of drug-likeness (QED) is 0.875. The van der Waals surface area contributed by atoms with Crippen molar-refractivity contribution in [2.24, 2.45) is 0 Å². The lowest BCUT2D eigenvalue weighted by Gasteiger charge is -2.15. The monoisotopic (exact) mass is 303 g/mol. The van der Waals surface area contributed by atoms with Crippen LogP contribution in [0.4, 0.5) is 0 Å². The van der Waals surface area contributed by atoms with Gasteiger partial charge in [0.05, 0.1) is 14.2 Å². The Kier molecular flexibility index (Phi) is 4.17. The van der Waals surface area contributed by atoms with Gasteiger partial charge in [0.2, 0.25) is 0 Å². The molecular weight excluding hydrogens is 282 g/mol. The summed E-state index contributed by atoms with van der Waals surface area (Å²) in [5.41, 5.74) is 2.50. The van der Waals surface area contributed by atoms with Gasteiger partial charge in [-0.2, -0.15) is 0 Å². The van der Waals surface area contributed by atoms with Crippen molar-refractivity contribution in [3.05, 3.63) is 34.7 Å². The molecule has 1 heterocycles. The van der Waals surface area contributed by atoms with Gasteiger partial charge < -0.3 is 14.8 Å². The molecule has 0 aliphatic heterocycles. The largest absolute Gasteiger partial charge is 0.493 e. The predicted octanol–water partition coefficient (Wildman–Crippen LogP) is 3.99. The number of methoxy groups -OCH3 is 2. The van der Waals surface area contributed by atoms with Crippen molar-refractivity contribution in [2.45, 2.75) is 32.4 Å². The van der Waals surface area contributed by atoms with Crippen molar-refractivity contribution in [3.63, 3.8) is 0 Å². The van der Waals surface area contributed by atoms with Gasteiger partial charge in [0, 0.05) is 27.9 Å². The Morgan fingerprint density at radius 3 is 2.43 bits per heavy atom. The molecule has 4 heteroatoms. The summed E-state index contributed by atoms with van der Waals surface area (Å²) in [6.45, 7) is 3.01. The van der Waals surface area contributed by atoms with Gasteiger partial charge in [-0.05, 0) is 49.6 Å². The molecule has 1 aromatic carbocycles. The molecule has 112 valence electrons. The van der Waals surface area contributed by atoms with E-state index >= 15 is 0 Å². The van der Waals surface area contributed by atoms with E-state index in [-0.39, 0.29) is 0 Å². The molecule has 0 atom stereocenters. The zero-order valence-electron chi connectivity index (χ0n) is 12.7. The van der Waals surface area contributed by atoms with Gasteiger partial charge in [-0.25, -0.2) is 0 Å². The minimum Gasteiger partial charge on any atom is -0.493 e. The van der Waals surface area contributed by atoms with Crippen molar-refractivity contribution in [1.29, 1.82) is 0 Å². The highest BCUT2D eigenvalue weighted by Gasteiger charge is 2.21. The Balaban J connectivity index is 2.00. The molecule has 0 amide bonds. The van der Waals surface area contributed by atoms with E-state index in [9.17, 15) is 0 Å². The van der Waals surface area contributed by atoms with Crippen molar-refractivity contribution < 1.29 is 9.47 Å². The number of hydrogen-bond donors (Lipinski definition) is 1. The highest BCUT2D eigenvalue weighted by atomic mass is 32.1. The Hall–Kier alpha value is -1.52. The molecular formula is C17H21NO2S. The molecule has 1 saturated carbocycles. The lowest BCUT2D eigenvalue weighted by Crippen LogP contribution is -2.16. The molecule has 0 spiro atoms. The maximum atomic E-state index is 5.46. The third-order valence-electron chi connectivity index (χ3n) is 3.77. The second-order valence-electron chi connectivity index (χ2n) is 5.43. The SMILES string of the molecule is COc1cc(CNC2CC2)c(-c2ccc(C)s2)cc1OC. The second-order valence-corrected chi connectivity index (χ2v) is 6.72. The van der Waals surface area contributed by atoms with Gasteiger partial charge in [-0.15, -0.1) is 11.3 Å². The molecule has 1 fully saturated rings. The molecule has 1 aromatic heterocycles. The minimum absolute atomic E-state index is 0.691. The zero-order chi connectivity index (χ0) is 14.8. The minimum atomic E-state index is 0.691. The first kappa shape index (κ1) is 14.4. The molecule has 3 rings (SSSR count). The number of rotatable bonds is 6. The van der Waals surface area contributed by atoms with E-state index in [1.165, 1.54) is 33.7 Å². The average molecular weight is 303 g/mol. The molecule has 2 aromatic rings. The number of hydrogen-bond acceptors (Lipinski definition) is 4. The van der Waals surface area contributed by atoms with Crippen LogP contribution < -0.4 is 14.8 Å². The maximum Gasteiger partial charge on any atom is 0.161 e. The molecule has 0 radical (unpaired) electrons. The van der Waals surface area contributed by atoms with Crippen LogP contribution >= 0.6 is 11.3 Å². The summed E-state index contributed by atoms with van der Waals surface area (Å²) in [5, 5.41) is 3.59. The Morgan fingerprint density at radius 2 is 1.86 bits per heavy atom. The van der Waals surface area contributed by atoms with E-state index in [1.807, 2.05) is 11.3 Å². The Labute approximate surface area is 129 Å². The summed E-state index contributed by atoms with van der Waals surface area (Å²) in [4.78, 5) is 2.60. The lowest BCUT2D eigenvalue weighted by atomic mass is 10.0. The van der Waals surface area contributed by atoms with Crippen molar-refractivity contribution in [1.82, 2.24) is 5.32 Å². The summed E-state index contributed by atoms with van der Waals surface area (Å²) < 4.78 is 10.9. The summed E-state index contributed by atoms with van der Waals surface area (Å²) in [6.07, 6.45) is 2.58. The maximum absolute atomic E-state index is 5.46. The van der Waals surface area contributed by atoms with Gasteiger partial charge in [-0.3, -0.25) is 0 Å². The van der Waals surface area contributed by atoms with Gasteiger partial charge in [0.15, 0.2) is 11.5 Å². The van der Waals surface area contributed by atoms with Crippen LogP contribution in [0.5, 0.6) is 11.5 Å². The second kappa shape index (κ2) is 6.08. The lowest BCUT2D eigenvalue weighted by molar-refractivity contribution is 0.354. The van der Waals surface area contributed by atoms with Gasteiger partial charge >= 0.3 is 0 Å². The summed E-state index contributed by atoms with van der Waals surface area (Å²) in [5.74, 6) is 1.58. The van der Waals surface area contributed by atoms with Crippen LogP contribution in [0.2, 0.25) is 0 Å². The molecule has 1 aliphatic rings. The highest BCUT2D eigenvalue weighted by molar-refractivity contribution is 7.15. The first-order valence-electron chi connectivity index (χ1n) is 7.26. The van der Waals surface area contributed by atoms with Crippen LogP contribution in [0.15, 0.2) is 24.3 Å². The smallest absolute Gasteiger partial charge is 0.161 e. The molecule has 1 aliphatic carbocycles. The van der Waals surface area contributed by atoms with E-state index in [1.54, 1.807) is 14.2 Å². The number of benzene rings is 1. The molecule has 21 heavy (non-hydrogen) atoms. The van der Waals surface area contributed by atoms with E-state index in [4.69, 9.17) is 9.47 Å². The average Bonchev–Trinajstić information content (AvgIpc) is 3.24. The van der Waals surface area contributed by atoms with Crippen molar-refractivity contribution in [2.75, 3.05) is 14.2 Å². The van der Waals surface area contributed by atoms with Crippen molar-refractivity contribution in [3.8, 4) is 21.9 Å². The molecule has 0 unspecified atom stereocenters. The Bertz CT molecular complexity index is 632. The zero-order valence-corrected chi connectivity index (χ0v) is 13.5. The fraction of sp³-hybridized carbons (Fsp3) is 0.412. The molecule has 0 saturated heterocycles. The molecule has 0 bridgehead atoms. The van der Waals surface area contributed by atoms with E-state index < -0.39 is 0 Å². The topological polar surface area (TPSA) is 30.5 Å². The highest BCUT2D eigenvalue weighted by Crippen LogP contribution is 2.38. The summed E-state index contributed by atoms with van der Waals surface area (Å²) >= 11 is 1.81. The number of nitrogens with one attached hydrogen (secondary N) is 1. The molecule has 1 N–H and O–H groups in total. The van der Waals surface area contributed by atoms with Crippen LogP contribution in [-0.2, 0) is 6.54 Å². The first-order valence-corrected chi connectivity index (χ1v) is 8.08. The number of aryl methyl sites for hydroxylation is 1. The van der Waals surface area contributed by atoms with E-state index in [0.717, 1.165) is 18.0 Å². The first-order chi connectivity index (χ1) is 10.2. The van der Waals surface area contributed by atoms with Crippen LogP contribution in [0.3, 0.4) is 0 Å². The normalized spacial score (nSPS) is 14.2. The number of ether oxygens (including phenoxy) is 2. The third kappa shape index (κ3) is 3.22. The van der Waals surface area contributed by atoms with Crippen molar-refractivity contribution >= 4 is 11.3 Å². The number of thiophene rings is 1. The predicted molar refractivity (Wildman–Crippen MR) is 87.5 cm³/mol. The van der Waals surface area contributed by atoms with Crippen LogP contribution in [-0.4, -0.2) is 20.3 Å². The van der Waals surface area contributed by atoms with Crippen LogP contribution in [0.25, 0.3) is 10.4 Å². The summed E-state index contributed by atoms with van der Waals surface area (Å²) in [7, 11) is 3.37. The van der Waals surface area contributed by atoms with Crippen LogP contribution in [0.1, 0.15) is 23.3 Å². The standard InChI is InChI=1S/C17H21NO2S/c1-11-4-7-17(21-11)14-9-16(20-3)15(19-2)8-12(14)10-18-13-5-6-13/h4,7-9,13,18H,5-6,10H2,1-3H3. The van der Waals surface area contributed by atoms with E-state index in [2.05, 4.69) is 36.5 Å². The fourth-order valence-corrected chi connectivity index (χ4v) is 3.34. The molecule has 3 nitrogen and oxygen atoms in total. The third-order valence-corrected chi connectivity index (χ3v) is 4.81. The fourth-order valence-electron chi connectivity index (χ4n) is 2.42. The van der Waals surface area contributed by atoms with Gasteiger partial charge in [0.1, 0.15) is 0 Å². The summed E-state index contributed by atoms with van der Waals surface area (Å²) in [6, 6.07) is 9.22. The van der Waals surface area contributed by atoms with E-state index in [0.29, 0.717) is 6.04 Å². The Morgan fingerprint density at radius 1 is 1.14 bits per heavy atom. The van der Waals surface area contributed by atoms with Gasteiger partial charge in [0.25, 0.3) is 0 Å².